The number of aromatic nitrogens is 3. The van der Waals surface area contributed by atoms with Crippen LogP contribution in [0.15, 0.2) is 65.8 Å². The van der Waals surface area contributed by atoms with Crippen LogP contribution < -0.4 is 5.32 Å². The summed E-state index contributed by atoms with van der Waals surface area (Å²) in [5.74, 6) is 1.22. The Morgan fingerprint density at radius 3 is 2.47 bits per heavy atom. The third-order valence-corrected chi connectivity index (χ3v) is 6.69. The number of nitrogens with zero attached hydrogens (tertiary/aromatic N) is 4. The molecule has 34 heavy (non-hydrogen) atoms. The van der Waals surface area contributed by atoms with E-state index >= 15 is 0 Å². The van der Waals surface area contributed by atoms with E-state index in [0.717, 1.165) is 48.3 Å². The zero-order valence-corrected chi connectivity index (χ0v) is 20.4. The first-order valence-electron chi connectivity index (χ1n) is 12.0. The number of carbonyl (C=O) groups excluding carboxylic acids is 1. The van der Waals surface area contributed by atoms with Crippen LogP contribution >= 0.6 is 11.8 Å². The second kappa shape index (κ2) is 13.3. The monoisotopic (exact) mass is 479 g/mol. The molecule has 1 aliphatic heterocycles. The normalized spacial score (nSPS) is 14.2. The van der Waals surface area contributed by atoms with Crippen molar-refractivity contribution in [3.8, 4) is 5.69 Å². The average molecular weight is 480 g/mol. The molecule has 0 radical (unpaired) electrons. The summed E-state index contributed by atoms with van der Waals surface area (Å²) in [7, 11) is 0. The Morgan fingerprint density at radius 1 is 0.971 bits per heavy atom. The van der Waals surface area contributed by atoms with Gasteiger partial charge in [-0.15, -0.1) is 10.2 Å². The minimum Gasteiger partial charge on any atom is -0.377 e. The summed E-state index contributed by atoms with van der Waals surface area (Å²) in [5.41, 5.74) is 2.18. The van der Waals surface area contributed by atoms with Gasteiger partial charge in [0.2, 0.25) is 5.91 Å². The van der Waals surface area contributed by atoms with E-state index in [0.29, 0.717) is 25.5 Å². The Kier molecular flexibility index (Phi) is 9.54. The third-order valence-electron chi connectivity index (χ3n) is 5.76. The molecule has 0 unspecified atom stereocenters. The van der Waals surface area contributed by atoms with Crippen LogP contribution in [0.4, 0.5) is 0 Å². The van der Waals surface area contributed by atoms with E-state index in [1.54, 1.807) is 0 Å². The number of ether oxygens (including phenoxy) is 1. The van der Waals surface area contributed by atoms with Crippen LogP contribution in [0, 0.1) is 0 Å². The first kappa shape index (κ1) is 24.4. The van der Waals surface area contributed by atoms with Gasteiger partial charge in [0.05, 0.1) is 18.9 Å². The van der Waals surface area contributed by atoms with E-state index in [9.17, 15) is 4.79 Å². The lowest BCUT2D eigenvalue weighted by Gasteiger charge is -2.26. The number of piperidine rings is 1. The lowest BCUT2D eigenvalue weighted by Crippen LogP contribution is -2.30. The molecular formula is C26H33N5O2S. The predicted molar refractivity (Wildman–Crippen MR) is 135 cm³/mol. The number of benzene rings is 2. The van der Waals surface area contributed by atoms with E-state index in [2.05, 4.69) is 37.1 Å². The molecule has 2 heterocycles. The molecular weight excluding hydrogens is 446 g/mol. The highest BCUT2D eigenvalue weighted by molar-refractivity contribution is 7.99. The van der Waals surface area contributed by atoms with Crippen molar-refractivity contribution in [3.05, 3.63) is 72.1 Å². The number of hydrogen-bond acceptors (Lipinski definition) is 6. The first-order valence-corrected chi connectivity index (χ1v) is 13.0. The molecule has 7 nitrogen and oxygen atoms in total. The van der Waals surface area contributed by atoms with Crippen LogP contribution in [0.3, 0.4) is 0 Å². The summed E-state index contributed by atoms with van der Waals surface area (Å²) in [4.78, 5) is 14.8. The zero-order chi connectivity index (χ0) is 23.4. The highest BCUT2D eigenvalue weighted by Crippen LogP contribution is 2.23. The Labute approximate surface area is 205 Å². The minimum atomic E-state index is -0.00625. The lowest BCUT2D eigenvalue weighted by atomic mass is 10.1. The summed E-state index contributed by atoms with van der Waals surface area (Å²) in [6.45, 7) is 4.78. The van der Waals surface area contributed by atoms with E-state index < -0.39 is 0 Å². The highest BCUT2D eigenvalue weighted by atomic mass is 32.2. The van der Waals surface area contributed by atoms with Crippen molar-refractivity contribution in [1.29, 1.82) is 0 Å². The van der Waals surface area contributed by atoms with Gasteiger partial charge >= 0.3 is 0 Å². The lowest BCUT2D eigenvalue weighted by molar-refractivity contribution is -0.118. The highest BCUT2D eigenvalue weighted by Gasteiger charge is 2.19. The van der Waals surface area contributed by atoms with Gasteiger partial charge in [-0.2, -0.15) is 0 Å². The van der Waals surface area contributed by atoms with Crippen LogP contribution in [0.2, 0.25) is 0 Å². The van der Waals surface area contributed by atoms with Gasteiger partial charge in [-0.05, 0) is 50.0 Å². The van der Waals surface area contributed by atoms with Gasteiger partial charge in [0.1, 0.15) is 0 Å². The Bertz CT molecular complexity index is 1010. The molecule has 1 aliphatic rings. The molecule has 1 aromatic heterocycles. The van der Waals surface area contributed by atoms with Gasteiger partial charge in [0.15, 0.2) is 11.0 Å². The maximum atomic E-state index is 12.4. The fourth-order valence-electron chi connectivity index (χ4n) is 4.00. The number of carbonyl (C=O) groups is 1. The van der Waals surface area contributed by atoms with Crippen LogP contribution in [0.5, 0.6) is 0 Å². The van der Waals surface area contributed by atoms with Gasteiger partial charge in [-0.25, -0.2) is 0 Å². The summed E-state index contributed by atoms with van der Waals surface area (Å²) >= 11 is 1.43. The summed E-state index contributed by atoms with van der Waals surface area (Å²) < 4.78 is 7.77. The molecule has 0 aliphatic carbocycles. The van der Waals surface area contributed by atoms with Crippen LogP contribution in [0.25, 0.3) is 5.69 Å². The Morgan fingerprint density at radius 2 is 1.71 bits per heavy atom. The van der Waals surface area contributed by atoms with E-state index in [-0.39, 0.29) is 5.91 Å². The van der Waals surface area contributed by atoms with Crippen LogP contribution in [0.1, 0.15) is 37.1 Å². The molecule has 1 saturated heterocycles. The van der Waals surface area contributed by atoms with Crippen molar-refractivity contribution in [2.75, 3.05) is 32.0 Å². The molecule has 0 saturated carbocycles. The second-order valence-corrected chi connectivity index (χ2v) is 9.38. The van der Waals surface area contributed by atoms with Gasteiger partial charge < -0.3 is 10.1 Å². The smallest absolute Gasteiger partial charge is 0.230 e. The summed E-state index contributed by atoms with van der Waals surface area (Å²) in [5, 5.41) is 12.6. The number of hydrogen-bond donors (Lipinski definition) is 1. The van der Waals surface area contributed by atoms with Gasteiger partial charge in [-0.1, -0.05) is 66.7 Å². The molecule has 4 rings (SSSR count). The Balaban J connectivity index is 1.25. The average Bonchev–Trinajstić information content (AvgIpc) is 3.29. The second-order valence-electron chi connectivity index (χ2n) is 8.44. The Hall–Kier alpha value is -2.68. The van der Waals surface area contributed by atoms with Gasteiger partial charge in [-0.3, -0.25) is 14.3 Å². The summed E-state index contributed by atoms with van der Waals surface area (Å²) in [6, 6.07) is 20.2. The number of para-hydroxylation sites is 1. The van der Waals surface area contributed by atoms with E-state index in [4.69, 9.17) is 4.74 Å². The zero-order valence-electron chi connectivity index (χ0n) is 19.6. The molecule has 3 aromatic rings. The molecule has 2 aromatic carbocycles. The first-order chi connectivity index (χ1) is 16.8. The number of rotatable bonds is 12. The molecule has 1 N–H and O–H groups in total. The van der Waals surface area contributed by atoms with Crippen LogP contribution in [-0.4, -0.2) is 57.6 Å². The predicted octanol–water partition coefficient (Wildman–Crippen LogP) is 4.07. The molecule has 1 amide bonds. The quantitative estimate of drug-likeness (QED) is 0.312. The van der Waals surface area contributed by atoms with Crippen molar-refractivity contribution in [1.82, 2.24) is 25.0 Å². The SMILES string of the molecule is O=C(CSc1nnc(CN2CCCCC2)n1-c1ccccc1)NCCCOCc1ccccc1. The maximum absolute atomic E-state index is 12.4. The third kappa shape index (κ3) is 7.41. The van der Waals surface area contributed by atoms with Gasteiger partial charge in [0, 0.05) is 18.8 Å². The number of likely N-dealkylation sites (tertiary alicyclic amines) is 1. The van der Waals surface area contributed by atoms with Crippen LogP contribution in [-0.2, 0) is 22.7 Å². The molecule has 0 bridgehead atoms. The summed E-state index contributed by atoms with van der Waals surface area (Å²) in [6.07, 6.45) is 4.55. The van der Waals surface area contributed by atoms with Crippen molar-refractivity contribution in [2.45, 2.75) is 44.0 Å². The fraction of sp³-hybridized carbons (Fsp3) is 0.423. The number of amides is 1. The number of thioether (sulfide) groups is 1. The molecule has 0 spiro atoms. The van der Waals surface area contributed by atoms with E-state index in [1.807, 2.05) is 48.5 Å². The van der Waals surface area contributed by atoms with Crippen molar-refractivity contribution in [3.63, 3.8) is 0 Å². The topological polar surface area (TPSA) is 72.3 Å². The fourth-order valence-corrected chi connectivity index (χ4v) is 4.80. The van der Waals surface area contributed by atoms with E-state index in [1.165, 1.54) is 31.0 Å². The van der Waals surface area contributed by atoms with Crippen molar-refractivity contribution < 1.29 is 9.53 Å². The minimum absolute atomic E-state index is 0.00625. The molecule has 0 atom stereocenters. The van der Waals surface area contributed by atoms with Crippen molar-refractivity contribution in [2.24, 2.45) is 0 Å². The van der Waals surface area contributed by atoms with Gasteiger partial charge in [0.25, 0.3) is 0 Å². The largest absolute Gasteiger partial charge is 0.377 e. The number of nitrogens with one attached hydrogen (secondary N) is 1. The standard InChI is InChI=1S/C26H33N5O2S/c32-25(27-15-10-18-33-20-22-11-4-1-5-12-22)21-34-26-29-28-24(19-30-16-8-3-9-17-30)31(26)23-13-6-2-7-14-23/h1-2,4-7,11-14H,3,8-10,15-21H2,(H,27,32). The van der Waals surface area contributed by atoms with Crippen molar-refractivity contribution >= 4 is 17.7 Å². The molecule has 180 valence electrons. The molecule has 1 fully saturated rings. The maximum Gasteiger partial charge on any atom is 0.230 e. The molecule has 8 heteroatoms.